The number of methoxy groups -OCH3 is 1. The van der Waals surface area contributed by atoms with Crippen LogP contribution in [0.4, 0.5) is 5.82 Å². The average Bonchev–Trinajstić information content (AvgIpc) is 3.11. The highest BCUT2D eigenvalue weighted by Gasteiger charge is 2.29. The number of hydrogen-bond donors (Lipinski definition) is 2. The minimum atomic E-state index is 0.202. The van der Waals surface area contributed by atoms with Crippen molar-refractivity contribution in [2.75, 3.05) is 45.2 Å². The first kappa shape index (κ1) is 19.0. The molecule has 1 amide bonds. The molecule has 0 spiro atoms. The van der Waals surface area contributed by atoms with Crippen LogP contribution >= 0.6 is 11.3 Å². The fourth-order valence-corrected chi connectivity index (χ4v) is 4.36. The zero-order valence-electron chi connectivity index (χ0n) is 15.7. The number of hydrogen-bond acceptors (Lipinski definition) is 7. The third kappa shape index (κ3) is 3.97. The molecular formula is C18H27N5O2S. The van der Waals surface area contributed by atoms with Crippen LogP contribution in [0.2, 0.25) is 0 Å². The average molecular weight is 378 g/mol. The first-order valence-corrected chi connectivity index (χ1v) is 9.82. The summed E-state index contributed by atoms with van der Waals surface area (Å²) in [6, 6.07) is 0. The van der Waals surface area contributed by atoms with Gasteiger partial charge in [-0.15, -0.1) is 11.3 Å². The highest BCUT2D eigenvalue weighted by atomic mass is 32.1. The Morgan fingerprint density at radius 3 is 2.92 bits per heavy atom. The Balaban J connectivity index is 1.75. The monoisotopic (exact) mass is 377 g/mol. The van der Waals surface area contributed by atoms with Gasteiger partial charge in [-0.3, -0.25) is 4.79 Å². The number of rotatable bonds is 8. The molecule has 3 rings (SSSR count). The number of thiophene rings is 1. The van der Waals surface area contributed by atoms with Crippen molar-refractivity contribution in [2.24, 2.45) is 11.7 Å². The van der Waals surface area contributed by atoms with Gasteiger partial charge in [0.15, 0.2) is 0 Å². The fourth-order valence-electron chi connectivity index (χ4n) is 3.31. The summed E-state index contributed by atoms with van der Waals surface area (Å²) in [7, 11) is 1.66. The number of likely N-dealkylation sites (tertiary alicyclic amines) is 1. The van der Waals surface area contributed by atoms with Gasteiger partial charge in [-0.2, -0.15) is 0 Å². The van der Waals surface area contributed by atoms with E-state index in [1.54, 1.807) is 18.4 Å². The Morgan fingerprint density at radius 2 is 2.19 bits per heavy atom. The lowest BCUT2D eigenvalue weighted by atomic mass is 10.1. The predicted molar refractivity (Wildman–Crippen MR) is 105 cm³/mol. The van der Waals surface area contributed by atoms with Crippen LogP contribution in [0, 0.1) is 19.8 Å². The number of aromatic nitrogens is 2. The van der Waals surface area contributed by atoms with Crippen molar-refractivity contribution in [1.29, 1.82) is 0 Å². The van der Waals surface area contributed by atoms with E-state index in [0.29, 0.717) is 32.5 Å². The molecule has 26 heavy (non-hydrogen) atoms. The molecule has 2 aromatic rings. The molecule has 3 heterocycles. The summed E-state index contributed by atoms with van der Waals surface area (Å²) in [5.41, 5.74) is 6.90. The van der Waals surface area contributed by atoms with E-state index in [1.165, 1.54) is 10.4 Å². The van der Waals surface area contributed by atoms with Crippen LogP contribution in [0.15, 0.2) is 0 Å². The molecule has 8 heteroatoms. The maximum atomic E-state index is 12.1. The Labute approximate surface area is 157 Å². The summed E-state index contributed by atoms with van der Waals surface area (Å²) in [6.07, 6.45) is 1.23. The van der Waals surface area contributed by atoms with Gasteiger partial charge in [-0.25, -0.2) is 9.97 Å². The zero-order valence-corrected chi connectivity index (χ0v) is 16.5. The Morgan fingerprint density at radius 1 is 1.38 bits per heavy atom. The van der Waals surface area contributed by atoms with Crippen molar-refractivity contribution in [3.8, 4) is 0 Å². The fraction of sp³-hybridized carbons (Fsp3) is 0.611. The molecule has 1 aliphatic heterocycles. The van der Waals surface area contributed by atoms with E-state index in [2.05, 4.69) is 24.1 Å². The Hall–Kier alpha value is -1.77. The maximum Gasteiger partial charge on any atom is 0.223 e. The van der Waals surface area contributed by atoms with Gasteiger partial charge >= 0.3 is 0 Å². The SMILES string of the molecule is COCCN1C[C@@H](CNc2nc(CCN)nc3sc(C)c(C)c23)CC1=O. The maximum absolute atomic E-state index is 12.1. The number of nitrogens with zero attached hydrogens (tertiary/aromatic N) is 3. The van der Waals surface area contributed by atoms with Crippen LogP contribution in [-0.2, 0) is 16.0 Å². The Kier molecular flexibility index (Phi) is 6.05. The number of nitrogens with one attached hydrogen (secondary N) is 1. The standard InChI is InChI=1S/C18H27N5O2S/c1-11-12(2)26-18-16(11)17(21-14(22-18)4-5-19)20-9-13-8-15(24)23(10-13)6-7-25-3/h13H,4-10,19H2,1-3H3,(H,20,21,22)/t13-/m1/s1. The van der Waals surface area contributed by atoms with Gasteiger partial charge in [0.2, 0.25) is 5.91 Å². The van der Waals surface area contributed by atoms with Gasteiger partial charge in [0.25, 0.3) is 0 Å². The van der Waals surface area contributed by atoms with Crippen molar-refractivity contribution >= 4 is 33.3 Å². The molecule has 1 atom stereocenters. The number of fused-ring (bicyclic) bond motifs is 1. The summed E-state index contributed by atoms with van der Waals surface area (Å²) >= 11 is 1.69. The summed E-state index contributed by atoms with van der Waals surface area (Å²) in [5, 5.41) is 4.58. The van der Waals surface area contributed by atoms with Gasteiger partial charge in [0.05, 0.1) is 12.0 Å². The molecule has 0 aromatic carbocycles. The van der Waals surface area contributed by atoms with Crippen molar-refractivity contribution < 1.29 is 9.53 Å². The lowest BCUT2D eigenvalue weighted by molar-refractivity contribution is -0.128. The largest absolute Gasteiger partial charge is 0.383 e. The highest BCUT2D eigenvalue weighted by molar-refractivity contribution is 7.18. The van der Waals surface area contributed by atoms with Gasteiger partial charge in [0, 0.05) is 50.4 Å². The van der Waals surface area contributed by atoms with Crippen LogP contribution in [0.3, 0.4) is 0 Å². The van der Waals surface area contributed by atoms with Gasteiger partial charge in [-0.1, -0.05) is 0 Å². The molecule has 0 unspecified atom stereocenters. The minimum Gasteiger partial charge on any atom is -0.383 e. The second kappa shape index (κ2) is 8.28. The van der Waals surface area contributed by atoms with Crippen molar-refractivity contribution in [3.05, 3.63) is 16.3 Å². The van der Waals surface area contributed by atoms with Gasteiger partial charge in [-0.05, 0) is 26.0 Å². The predicted octanol–water partition coefficient (Wildman–Crippen LogP) is 1.72. The van der Waals surface area contributed by atoms with Crippen LogP contribution in [-0.4, -0.2) is 60.7 Å². The number of amides is 1. The number of aryl methyl sites for hydroxylation is 2. The summed E-state index contributed by atoms with van der Waals surface area (Å²) in [4.78, 5) is 25.6. The molecule has 142 valence electrons. The minimum absolute atomic E-state index is 0.202. The highest BCUT2D eigenvalue weighted by Crippen LogP contribution is 2.33. The second-order valence-electron chi connectivity index (χ2n) is 6.77. The van der Waals surface area contributed by atoms with Crippen LogP contribution in [0.25, 0.3) is 10.2 Å². The molecule has 0 radical (unpaired) electrons. The molecule has 2 aromatic heterocycles. The van der Waals surface area contributed by atoms with Crippen LogP contribution in [0.5, 0.6) is 0 Å². The molecule has 0 saturated carbocycles. The first-order valence-electron chi connectivity index (χ1n) is 9.00. The Bertz CT molecular complexity index is 791. The third-order valence-corrected chi connectivity index (χ3v) is 5.96. The normalized spacial score (nSPS) is 17.5. The van der Waals surface area contributed by atoms with Gasteiger partial charge in [0.1, 0.15) is 16.5 Å². The van der Waals surface area contributed by atoms with Crippen LogP contribution in [0.1, 0.15) is 22.7 Å². The number of ether oxygens (including phenoxy) is 1. The van der Waals surface area contributed by atoms with E-state index in [-0.39, 0.29) is 11.8 Å². The van der Waals surface area contributed by atoms with Gasteiger partial charge < -0.3 is 20.7 Å². The quantitative estimate of drug-likeness (QED) is 0.727. The van der Waals surface area contributed by atoms with E-state index >= 15 is 0 Å². The molecule has 1 fully saturated rings. The molecule has 1 saturated heterocycles. The van der Waals surface area contributed by atoms with E-state index in [9.17, 15) is 4.79 Å². The molecule has 0 aliphatic carbocycles. The third-order valence-electron chi connectivity index (χ3n) is 4.86. The lowest BCUT2D eigenvalue weighted by Gasteiger charge is -2.16. The second-order valence-corrected chi connectivity index (χ2v) is 7.98. The zero-order chi connectivity index (χ0) is 18.7. The molecule has 0 bridgehead atoms. The van der Waals surface area contributed by atoms with E-state index in [4.69, 9.17) is 15.5 Å². The molecular weight excluding hydrogens is 350 g/mol. The number of carbonyl (C=O) groups is 1. The number of anilines is 1. The van der Waals surface area contributed by atoms with Crippen molar-refractivity contribution in [3.63, 3.8) is 0 Å². The smallest absolute Gasteiger partial charge is 0.223 e. The van der Waals surface area contributed by atoms with Crippen molar-refractivity contribution in [2.45, 2.75) is 26.7 Å². The van der Waals surface area contributed by atoms with Crippen molar-refractivity contribution in [1.82, 2.24) is 14.9 Å². The van der Waals surface area contributed by atoms with Crippen LogP contribution < -0.4 is 11.1 Å². The van der Waals surface area contributed by atoms with E-state index in [0.717, 1.165) is 34.9 Å². The van der Waals surface area contributed by atoms with E-state index < -0.39 is 0 Å². The first-order chi connectivity index (χ1) is 12.5. The summed E-state index contributed by atoms with van der Waals surface area (Å²) in [6.45, 7) is 7.47. The number of nitrogens with two attached hydrogens (primary N) is 1. The topological polar surface area (TPSA) is 93.4 Å². The van der Waals surface area contributed by atoms with E-state index in [1.807, 2.05) is 4.90 Å². The molecule has 3 N–H and O–H groups in total. The summed E-state index contributed by atoms with van der Waals surface area (Å²) < 4.78 is 5.08. The summed E-state index contributed by atoms with van der Waals surface area (Å²) in [5.74, 6) is 2.12. The molecule has 7 nitrogen and oxygen atoms in total. The number of carbonyl (C=O) groups excluding carboxylic acids is 1. The lowest BCUT2D eigenvalue weighted by Crippen LogP contribution is -2.29. The molecule has 1 aliphatic rings.